The van der Waals surface area contributed by atoms with Crippen LogP contribution in [0.5, 0.6) is 5.88 Å². The Kier molecular flexibility index (Phi) is 4.62. The molecule has 0 bridgehead atoms. The lowest BCUT2D eigenvalue weighted by Crippen LogP contribution is -2.39. The third-order valence-corrected chi connectivity index (χ3v) is 5.20. The number of likely N-dealkylation sites (N-methyl/N-ethyl adjacent to an activating group) is 1. The number of nitrogen functional groups attached to an aromatic ring is 1. The Morgan fingerprint density at radius 1 is 1.24 bits per heavy atom. The summed E-state index contributed by atoms with van der Waals surface area (Å²) in [5.74, 6) is 0.0494. The zero-order valence-corrected chi connectivity index (χ0v) is 16.3. The van der Waals surface area contributed by atoms with Crippen molar-refractivity contribution in [2.45, 2.75) is 19.4 Å². The zero-order chi connectivity index (χ0) is 20.7. The first-order valence-corrected chi connectivity index (χ1v) is 9.09. The van der Waals surface area contributed by atoms with Crippen LogP contribution in [0.25, 0.3) is 11.1 Å². The lowest BCUT2D eigenvalue weighted by Gasteiger charge is -2.35. The van der Waals surface area contributed by atoms with E-state index in [1.54, 1.807) is 37.2 Å². The van der Waals surface area contributed by atoms with E-state index in [-0.39, 0.29) is 23.7 Å². The molecule has 1 aliphatic rings. The topological polar surface area (TPSA) is 94.2 Å². The summed E-state index contributed by atoms with van der Waals surface area (Å²) >= 11 is 0. The van der Waals surface area contributed by atoms with Gasteiger partial charge in [-0.15, -0.1) is 0 Å². The average Bonchev–Trinajstić information content (AvgIpc) is 2.70. The Balaban J connectivity index is 1.83. The van der Waals surface area contributed by atoms with Crippen molar-refractivity contribution in [2.75, 3.05) is 19.9 Å². The van der Waals surface area contributed by atoms with Gasteiger partial charge in [0.1, 0.15) is 5.82 Å². The number of benzene rings is 1. The zero-order valence-electron chi connectivity index (χ0n) is 16.3. The fourth-order valence-electron chi connectivity index (χ4n) is 3.77. The molecule has 0 radical (unpaired) electrons. The minimum Gasteiger partial charge on any atom is -0.481 e. The molecule has 1 atom stereocenters. The number of pyridine rings is 1. The summed E-state index contributed by atoms with van der Waals surface area (Å²) in [5.41, 5.74) is 9.62. The Labute approximate surface area is 167 Å². The molecular formula is C21H20FN5O2. The SMILES string of the molecule is COc1ccc(-c2cc(F)ccc2C2Cc3nc(N)nc(C)c3C(=O)N2C)cn1. The van der Waals surface area contributed by atoms with Crippen molar-refractivity contribution in [3.05, 3.63) is 64.9 Å². The first kappa shape index (κ1) is 18.8. The maximum absolute atomic E-state index is 14.1. The van der Waals surface area contributed by atoms with Crippen molar-refractivity contribution in [1.29, 1.82) is 0 Å². The Hall–Kier alpha value is -3.55. The molecule has 2 N–H and O–H groups in total. The molecule has 3 aromatic rings. The molecule has 29 heavy (non-hydrogen) atoms. The van der Waals surface area contributed by atoms with Gasteiger partial charge in [-0.2, -0.15) is 0 Å². The first-order chi connectivity index (χ1) is 13.9. The fraction of sp³-hybridized carbons (Fsp3) is 0.238. The second-order valence-electron chi connectivity index (χ2n) is 6.95. The number of aromatic nitrogens is 3. The molecule has 148 valence electrons. The van der Waals surface area contributed by atoms with Gasteiger partial charge in [0, 0.05) is 31.3 Å². The van der Waals surface area contributed by atoms with Gasteiger partial charge in [-0.1, -0.05) is 6.07 Å². The molecule has 8 heteroatoms. The predicted octanol–water partition coefficient (Wildman–Crippen LogP) is 2.95. The number of carbonyl (C=O) groups excluding carboxylic acids is 1. The standard InChI is InChI=1S/C21H20FN5O2/c1-11-19-16(26-21(23)25-11)9-17(27(2)20(19)28)14-6-5-13(22)8-15(14)12-4-7-18(29-3)24-10-12/h4-8,10,17H,9H2,1-3H3,(H2,23,25,26). The Morgan fingerprint density at radius 3 is 2.72 bits per heavy atom. The number of ether oxygens (including phenoxy) is 1. The van der Waals surface area contributed by atoms with Gasteiger partial charge in [-0.3, -0.25) is 4.79 Å². The molecule has 2 aromatic heterocycles. The smallest absolute Gasteiger partial charge is 0.257 e. The molecule has 0 fully saturated rings. The predicted molar refractivity (Wildman–Crippen MR) is 106 cm³/mol. The number of amides is 1. The lowest BCUT2D eigenvalue weighted by molar-refractivity contribution is 0.0701. The summed E-state index contributed by atoms with van der Waals surface area (Å²) in [6, 6.07) is 7.74. The molecule has 0 aliphatic carbocycles. The van der Waals surface area contributed by atoms with Crippen LogP contribution in [0.2, 0.25) is 0 Å². The average molecular weight is 393 g/mol. The minimum absolute atomic E-state index is 0.135. The molecule has 7 nitrogen and oxygen atoms in total. The van der Waals surface area contributed by atoms with E-state index >= 15 is 0 Å². The van der Waals surface area contributed by atoms with E-state index in [9.17, 15) is 9.18 Å². The largest absolute Gasteiger partial charge is 0.481 e. The van der Waals surface area contributed by atoms with Crippen LogP contribution < -0.4 is 10.5 Å². The van der Waals surface area contributed by atoms with E-state index in [0.29, 0.717) is 34.8 Å². The van der Waals surface area contributed by atoms with Crippen LogP contribution in [0.3, 0.4) is 0 Å². The monoisotopic (exact) mass is 393 g/mol. The van der Waals surface area contributed by atoms with E-state index < -0.39 is 0 Å². The molecule has 0 saturated carbocycles. The summed E-state index contributed by atoms with van der Waals surface area (Å²) in [5, 5.41) is 0. The number of rotatable bonds is 3. The van der Waals surface area contributed by atoms with Gasteiger partial charge in [0.25, 0.3) is 5.91 Å². The summed E-state index contributed by atoms with van der Waals surface area (Å²) < 4.78 is 19.2. The summed E-state index contributed by atoms with van der Waals surface area (Å²) in [7, 11) is 3.26. The van der Waals surface area contributed by atoms with Crippen LogP contribution in [0.15, 0.2) is 36.5 Å². The van der Waals surface area contributed by atoms with Crippen LogP contribution in [-0.2, 0) is 6.42 Å². The van der Waals surface area contributed by atoms with Gasteiger partial charge < -0.3 is 15.4 Å². The minimum atomic E-state index is -0.368. The second kappa shape index (κ2) is 7.12. The Morgan fingerprint density at radius 2 is 2.03 bits per heavy atom. The number of methoxy groups -OCH3 is 1. The van der Waals surface area contributed by atoms with E-state index in [0.717, 1.165) is 11.1 Å². The molecule has 4 rings (SSSR count). The first-order valence-electron chi connectivity index (χ1n) is 9.09. The summed E-state index contributed by atoms with van der Waals surface area (Å²) in [4.78, 5) is 27.3. The van der Waals surface area contributed by atoms with Crippen LogP contribution in [0.1, 0.15) is 33.4 Å². The quantitative estimate of drug-likeness (QED) is 0.735. The molecule has 0 saturated heterocycles. The van der Waals surface area contributed by atoms with Crippen molar-refractivity contribution in [2.24, 2.45) is 0 Å². The van der Waals surface area contributed by atoms with E-state index in [1.807, 2.05) is 6.07 Å². The second-order valence-corrected chi connectivity index (χ2v) is 6.95. The molecule has 3 heterocycles. The van der Waals surface area contributed by atoms with Crippen molar-refractivity contribution in [3.8, 4) is 17.0 Å². The lowest BCUT2D eigenvalue weighted by atomic mass is 9.88. The van der Waals surface area contributed by atoms with Crippen LogP contribution in [0, 0.1) is 12.7 Å². The third-order valence-electron chi connectivity index (χ3n) is 5.20. The number of anilines is 1. The number of carbonyl (C=O) groups is 1. The number of aryl methyl sites for hydroxylation is 1. The molecule has 0 spiro atoms. The molecular weight excluding hydrogens is 373 g/mol. The highest BCUT2D eigenvalue weighted by Crippen LogP contribution is 2.37. The highest BCUT2D eigenvalue weighted by Gasteiger charge is 2.35. The highest BCUT2D eigenvalue weighted by atomic mass is 19.1. The van der Waals surface area contributed by atoms with Crippen molar-refractivity contribution in [1.82, 2.24) is 19.9 Å². The fourth-order valence-corrected chi connectivity index (χ4v) is 3.77. The van der Waals surface area contributed by atoms with E-state index in [4.69, 9.17) is 10.5 Å². The summed E-state index contributed by atoms with van der Waals surface area (Å²) in [6.45, 7) is 1.75. The van der Waals surface area contributed by atoms with Gasteiger partial charge in [0.2, 0.25) is 11.8 Å². The van der Waals surface area contributed by atoms with E-state index in [2.05, 4.69) is 15.0 Å². The molecule has 1 unspecified atom stereocenters. The van der Waals surface area contributed by atoms with Crippen molar-refractivity contribution < 1.29 is 13.9 Å². The van der Waals surface area contributed by atoms with Crippen molar-refractivity contribution in [3.63, 3.8) is 0 Å². The number of nitrogens with zero attached hydrogens (tertiary/aromatic N) is 4. The molecule has 1 amide bonds. The number of hydrogen-bond donors (Lipinski definition) is 1. The molecule has 1 aliphatic heterocycles. The van der Waals surface area contributed by atoms with Crippen LogP contribution in [0.4, 0.5) is 10.3 Å². The number of hydrogen-bond acceptors (Lipinski definition) is 6. The number of fused-ring (bicyclic) bond motifs is 1. The van der Waals surface area contributed by atoms with E-state index in [1.165, 1.54) is 19.2 Å². The van der Waals surface area contributed by atoms with Gasteiger partial charge in [0.15, 0.2) is 0 Å². The van der Waals surface area contributed by atoms with Gasteiger partial charge >= 0.3 is 0 Å². The van der Waals surface area contributed by atoms with Crippen molar-refractivity contribution >= 4 is 11.9 Å². The number of nitrogens with two attached hydrogens (primary N) is 1. The van der Waals surface area contributed by atoms with Crippen LogP contribution in [-0.4, -0.2) is 39.9 Å². The van der Waals surface area contributed by atoms with Gasteiger partial charge in [0.05, 0.1) is 30.1 Å². The molecule has 1 aromatic carbocycles. The van der Waals surface area contributed by atoms with Gasteiger partial charge in [-0.05, 0) is 36.2 Å². The maximum atomic E-state index is 14.1. The summed E-state index contributed by atoms with van der Waals surface area (Å²) in [6.07, 6.45) is 2.08. The van der Waals surface area contributed by atoms with Crippen LogP contribution >= 0.6 is 0 Å². The highest BCUT2D eigenvalue weighted by molar-refractivity contribution is 5.97. The Bertz CT molecular complexity index is 1100. The normalized spacial score (nSPS) is 15.9. The maximum Gasteiger partial charge on any atom is 0.257 e. The number of halogens is 1. The third kappa shape index (κ3) is 3.26. The van der Waals surface area contributed by atoms with Gasteiger partial charge in [-0.25, -0.2) is 19.3 Å².